The Morgan fingerprint density at radius 1 is 1.36 bits per heavy atom. The summed E-state index contributed by atoms with van der Waals surface area (Å²) in [5, 5.41) is 4.89. The van der Waals surface area contributed by atoms with Gasteiger partial charge in [0.2, 0.25) is 0 Å². The van der Waals surface area contributed by atoms with Gasteiger partial charge in [0, 0.05) is 26.8 Å². The Morgan fingerprint density at radius 3 is 2.82 bits per heavy atom. The Balaban J connectivity index is 1.81. The van der Waals surface area contributed by atoms with E-state index < -0.39 is 0 Å². The molecule has 2 aromatic heterocycles. The van der Waals surface area contributed by atoms with Gasteiger partial charge < -0.3 is 4.57 Å². The minimum atomic E-state index is -0.183. The summed E-state index contributed by atoms with van der Waals surface area (Å²) in [6.45, 7) is 3.19. The number of hydrogen-bond acceptors (Lipinski definition) is 4. The SMILES string of the molecule is Cn1nc(C=Nc2cc(Cl)cn(C)c2=O)cc1CN1CCC1. The summed E-state index contributed by atoms with van der Waals surface area (Å²) in [7, 11) is 3.57. The summed E-state index contributed by atoms with van der Waals surface area (Å²) in [6.07, 6.45) is 4.44. The Hall–Kier alpha value is -1.92. The number of halogens is 1. The summed E-state index contributed by atoms with van der Waals surface area (Å²) in [4.78, 5) is 18.6. The molecule has 3 heterocycles. The normalized spacial score (nSPS) is 15.4. The van der Waals surface area contributed by atoms with E-state index in [4.69, 9.17) is 11.6 Å². The van der Waals surface area contributed by atoms with Crippen LogP contribution in [-0.4, -0.2) is 38.6 Å². The van der Waals surface area contributed by atoms with Gasteiger partial charge in [-0.2, -0.15) is 5.10 Å². The van der Waals surface area contributed by atoms with Crippen molar-refractivity contribution < 1.29 is 0 Å². The second-order valence-electron chi connectivity index (χ2n) is 5.53. The van der Waals surface area contributed by atoms with Crippen LogP contribution in [0.2, 0.25) is 5.02 Å². The molecule has 0 aliphatic carbocycles. The van der Waals surface area contributed by atoms with Gasteiger partial charge in [0.15, 0.2) is 0 Å². The summed E-state index contributed by atoms with van der Waals surface area (Å²) >= 11 is 5.95. The highest BCUT2D eigenvalue weighted by Gasteiger charge is 2.16. The van der Waals surface area contributed by atoms with Crippen LogP contribution in [0.15, 0.2) is 28.1 Å². The van der Waals surface area contributed by atoms with Crippen molar-refractivity contribution in [1.82, 2.24) is 19.2 Å². The molecule has 1 fully saturated rings. The highest BCUT2D eigenvalue weighted by molar-refractivity contribution is 6.30. The van der Waals surface area contributed by atoms with E-state index in [1.165, 1.54) is 11.0 Å². The number of pyridine rings is 1. The molecular formula is C15H18ClN5O. The van der Waals surface area contributed by atoms with E-state index in [1.54, 1.807) is 25.5 Å². The van der Waals surface area contributed by atoms with E-state index in [-0.39, 0.29) is 5.56 Å². The molecule has 0 amide bonds. The minimum absolute atomic E-state index is 0.183. The summed E-state index contributed by atoms with van der Waals surface area (Å²) < 4.78 is 3.28. The molecule has 22 heavy (non-hydrogen) atoms. The predicted molar refractivity (Wildman–Crippen MR) is 87.0 cm³/mol. The van der Waals surface area contributed by atoms with Crippen LogP contribution < -0.4 is 5.56 Å². The fourth-order valence-corrected chi connectivity index (χ4v) is 2.64. The second kappa shape index (κ2) is 6.06. The van der Waals surface area contributed by atoms with Gasteiger partial charge in [-0.1, -0.05) is 11.6 Å². The van der Waals surface area contributed by atoms with Crippen LogP contribution in [0.3, 0.4) is 0 Å². The first kappa shape index (κ1) is 15.0. The van der Waals surface area contributed by atoms with Gasteiger partial charge in [0.1, 0.15) is 11.4 Å². The quantitative estimate of drug-likeness (QED) is 0.806. The van der Waals surface area contributed by atoms with E-state index in [2.05, 4.69) is 15.0 Å². The van der Waals surface area contributed by atoms with Crippen molar-refractivity contribution in [2.75, 3.05) is 13.1 Å². The van der Waals surface area contributed by atoms with Crippen LogP contribution in [0.1, 0.15) is 17.8 Å². The molecule has 0 aromatic carbocycles. The fraction of sp³-hybridized carbons (Fsp3) is 0.400. The third-order valence-corrected chi connectivity index (χ3v) is 4.00. The molecule has 6 nitrogen and oxygen atoms in total. The molecule has 1 aliphatic heterocycles. The highest BCUT2D eigenvalue weighted by atomic mass is 35.5. The first-order chi connectivity index (χ1) is 10.5. The lowest BCUT2D eigenvalue weighted by Gasteiger charge is -2.30. The molecule has 7 heteroatoms. The average molecular weight is 320 g/mol. The van der Waals surface area contributed by atoms with Crippen molar-refractivity contribution in [3.05, 3.63) is 45.1 Å². The number of rotatable bonds is 4. The Bertz CT molecular complexity index is 773. The third-order valence-electron chi connectivity index (χ3n) is 3.80. The summed E-state index contributed by atoms with van der Waals surface area (Å²) in [5.41, 5.74) is 2.00. The average Bonchev–Trinajstić information content (AvgIpc) is 2.77. The zero-order valence-corrected chi connectivity index (χ0v) is 13.4. The van der Waals surface area contributed by atoms with Crippen molar-refractivity contribution in [2.45, 2.75) is 13.0 Å². The van der Waals surface area contributed by atoms with E-state index in [9.17, 15) is 4.79 Å². The van der Waals surface area contributed by atoms with Crippen LogP contribution in [0, 0.1) is 0 Å². The minimum Gasteiger partial charge on any atom is -0.315 e. The molecule has 0 atom stereocenters. The highest BCUT2D eigenvalue weighted by Crippen LogP contribution is 2.14. The van der Waals surface area contributed by atoms with E-state index in [0.29, 0.717) is 10.7 Å². The van der Waals surface area contributed by atoms with Gasteiger partial charge in [-0.25, -0.2) is 4.99 Å². The number of nitrogens with zero attached hydrogens (tertiary/aromatic N) is 5. The van der Waals surface area contributed by atoms with Crippen LogP contribution in [0.5, 0.6) is 0 Å². The summed E-state index contributed by atoms with van der Waals surface area (Å²) in [6, 6.07) is 3.56. The maximum absolute atomic E-state index is 12.0. The second-order valence-corrected chi connectivity index (χ2v) is 5.97. The van der Waals surface area contributed by atoms with E-state index >= 15 is 0 Å². The first-order valence-corrected chi connectivity index (χ1v) is 7.56. The van der Waals surface area contributed by atoms with Gasteiger partial charge in [0.05, 0.1) is 16.9 Å². The zero-order valence-electron chi connectivity index (χ0n) is 12.7. The van der Waals surface area contributed by atoms with Crippen molar-refractivity contribution in [3.63, 3.8) is 0 Å². The van der Waals surface area contributed by atoms with Crippen molar-refractivity contribution >= 4 is 23.5 Å². The molecular weight excluding hydrogens is 302 g/mol. The molecule has 0 bridgehead atoms. The van der Waals surface area contributed by atoms with E-state index in [1.807, 2.05) is 17.8 Å². The number of likely N-dealkylation sites (tertiary alicyclic amines) is 1. The largest absolute Gasteiger partial charge is 0.315 e. The number of aryl methyl sites for hydroxylation is 2. The maximum atomic E-state index is 12.0. The lowest BCUT2D eigenvalue weighted by atomic mass is 10.2. The van der Waals surface area contributed by atoms with Gasteiger partial charge in [-0.05, 0) is 31.6 Å². The molecule has 1 saturated heterocycles. The van der Waals surface area contributed by atoms with Crippen LogP contribution >= 0.6 is 11.6 Å². The summed E-state index contributed by atoms with van der Waals surface area (Å²) in [5.74, 6) is 0. The smallest absolute Gasteiger partial charge is 0.276 e. The Kier molecular flexibility index (Phi) is 4.13. The van der Waals surface area contributed by atoms with Crippen LogP contribution in [0.25, 0.3) is 0 Å². The molecule has 0 spiro atoms. The Morgan fingerprint density at radius 2 is 2.14 bits per heavy atom. The molecule has 3 rings (SSSR count). The van der Waals surface area contributed by atoms with Gasteiger partial charge in [0.25, 0.3) is 5.56 Å². The molecule has 0 unspecified atom stereocenters. The monoisotopic (exact) mass is 319 g/mol. The van der Waals surface area contributed by atoms with Crippen molar-refractivity contribution in [1.29, 1.82) is 0 Å². The number of aromatic nitrogens is 3. The van der Waals surface area contributed by atoms with Gasteiger partial charge >= 0.3 is 0 Å². The lowest BCUT2D eigenvalue weighted by Crippen LogP contribution is -2.36. The van der Waals surface area contributed by atoms with Gasteiger partial charge in [-0.3, -0.25) is 14.4 Å². The van der Waals surface area contributed by atoms with Crippen LogP contribution in [0.4, 0.5) is 5.69 Å². The van der Waals surface area contributed by atoms with Crippen molar-refractivity contribution in [3.8, 4) is 0 Å². The topological polar surface area (TPSA) is 55.4 Å². The molecule has 0 N–H and O–H groups in total. The lowest BCUT2D eigenvalue weighted by molar-refractivity contribution is 0.168. The van der Waals surface area contributed by atoms with Crippen molar-refractivity contribution in [2.24, 2.45) is 19.1 Å². The number of aliphatic imine (C=N–C) groups is 1. The van der Waals surface area contributed by atoms with Crippen LogP contribution in [-0.2, 0) is 20.6 Å². The zero-order chi connectivity index (χ0) is 15.7. The molecule has 2 aromatic rings. The fourth-order valence-electron chi connectivity index (χ4n) is 2.39. The molecule has 116 valence electrons. The first-order valence-electron chi connectivity index (χ1n) is 7.18. The van der Waals surface area contributed by atoms with E-state index in [0.717, 1.165) is 31.0 Å². The molecule has 1 aliphatic rings. The van der Waals surface area contributed by atoms with Gasteiger partial charge in [-0.15, -0.1) is 0 Å². The molecule has 0 saturated carbocycles. The Labute approximate surface area is 133 Å². The standard InChI is InChI=1S/C15H18ClN5O/c1-19-9-11(16)6-14(15(19)22)17-8-12-7-13(20(2)18-12)10-21-4-3-5-21/h6-9H,3-5,10H2,1-2H3. The third kappa shape index (κ3) is 3.13. The maximum Gasteiger partial charge on any atom is 0.276 e. The predicted octanol–water partition coefficient (Wildman–Crippen LogP) is 1.73. The number of hydrogen-bond donors (Lipinski definition) is 0. The molecule has 0 radical (unpaired) electrons.